The van der Waals surface area contributed by atoms with Gasteiger partial charge in [0, 0.05) is 28.2 Å². The molecule has 3 rings (SSSR count). The highest BCUT2D eigenvalue weighted by Crippen LogP contribution is 2.37. The number of nitrogens with one attached hydrogen (secondary N) is 1. The van der Waals surface area contributed by atoms with Gasteiger partial charge in [-0.25, -0.2) is 4.39 Å². The Bertz CT molecular complexity index is 1080. The van der Waals surface area contributed by atoms with E-state index in [1.165, 1.54) is 12.1 Å². The van der Waals surface area contributed by atoms with Crippen LogP contribution in [0.25, 0.3) is 11.3 Å². The highest BCUT2D eigenvalue weighted by atomic mass is 35.5. The predicted octanol–water partition coefficient (Wildman–Crippen LogP) is 6.72. The first-order valence-corrected chi connectivity index (χ1v) is 11.0. The lowest BCUT2D eigenvalue weighted by molar-refractivity contribution is -0.121. The number of carbonyl (C=O) groups is 1. The van der Waals surface area contributed by atoms with Crippen molar-refractivity contribution in [2.24, 2.45) is 0 Å². The molecule has 1 atom stereocenters. The number of benzene rings is 2. The molecule has 3 aromatic rings. The van der Waals surface area contributed by atoms with Crippen LogP contribution >= 0.6 is 23.2 Å². The SMILES string of the molecule is CCCCc1cc(-c2ccc(F)cc2C)nc(C(C(=O)NC)c2c(Cl)cccc2Cl)c1. The number of aryl methyl sites for hydroxylation is 2. The molecule has 2 aromatic carbocycles. The number of aromatic nitrogens is 1. The monoisotopic (exact) mass is 458 g/mol. The number of nitrogens with zero attached hydrogens (tertiary/aromatic N) is 1. The fraction of sp³-hybridized carbons (Fsp3) is 0.280. The summed E-state index contributed by atoms with van der Waals surface area (Å²) in [4.78, 5) is 17.8. The summed E-state index contributed by atoms with van der Waals surface area (Å²) in [5, 5.41) is 3.52. The molecule has 162 valence electrons. The average Bonchev–Trinajstić information content (AvgIpc) is 2.74. The molecule has 1 heterocycles. The lowest BCUT2D eigenvalue weighted by atomic mass is 9.91. The first-order chi connectivity index (χ1) is 14.8. The maximum Gasteiger partial charge on any atom is 0.233 e. The molecule has 0 spiro atoms. The van der Waals surface area contributed by atoms with Crippen molar-refractivity contribution in [3.63, 3.8) is 0 Å². The van der Waals surface area contributed by atoms with E-state index in [0.29, 0.717) is 27.0 Å². The zero-order valence-electron chi connectivity index (χ0n) is 17.8. The zero-order valence-corrected chi connectivity index (χ0v) is 19.3. The van der Waals surface area contributed by atoms with Crippen LogP contribution in [0.4, 0.5) is 4.39 Å². The Balaban J connectivity index is 2.24. The number of hydrogen-bond donors (Lipinski definition) is 1. The van der Waals surface area contributed by atoms with Crippen LogP contribution in [0.2, 0.25) is 10.0 Å². The van der Waals surface area contributed by atoms with Gasteiger partial charge < -0.3 is 5.32 Å². The molecule has 0 fully saturated rings. The smallest absolute Gasteiger partial charge is 0.233 e. The Morgan fingerprint density at radius 2 is 1.84 bits per heavy atom. The third-order valence-corrected chi connectivity index (χ3v) is 5.94. The Morgan fingerprint density at radius 3 is 2.45 bits per heavy atom. The molecule has 0 saturated heterocycles. The molecule has 1 N–H and O–H groups in total. The molecule has 6 heteroatoms. The van der Waals surface area contributed by atoms with Crippen molar-refractivity contribution in [1.82, 2.24) is 10.3 Å². The minimum Gasteiger partial charge on any atom is -0.358 e. The first-order valence-electron chi connectivity index (χ1n) is 10.3. The van der Waals surface area contributed by atoms with Gasteiger partial charge in [-0.15, -0.1) is 0 Å². The number of carbonyl (C=O) groups excluding carboxylic acids is 1. The zero-order chi connectivity index (χ0) is 22.5. The molecule has 0 saturated carbocycles. The summed E-state index contributed by atoms with van der Waals surface area (Å²) >= 11 is 12.9. The molecular formula is C25H25Cl2FN2O. The van der Waals surface area contributed by atoms with Crippen molar-refractivity contribution >= 4 is 29.1 Å². The molecule has 0 aliphatic rings. The number of pyridine rings is 1. The van der Waals surface area contributed by atoms with Crippen molar-refractivity contribution in [1.29, 1.82) is 0 Å². The van der Waals surface area contributed by atoms with Gasteiger partial charge in [-0.3, -0.25) is 9.78 Å². The average molecular weight is 459 g/mol. The van der Waals surface area contributed by atoms with Gasteiger partial charge in [-0.1, -0.05) is 42.6 Å². The number of hydrogen-bond acceptors (Lipinski definition) is 2. The Kier molecular flexibility index (Phi) is 7.69. The number of amides is 1. The summed E-state index contributed by atoms with van der Waals surface area (Å²) in [6.07, 6.45) is 2.89. The third-order valence-electron chi connectivity index (χ3n) is 5.28. The van der Waals surface area contributed by atoms with Crippen LogP contribution < -0.4 is 5.32 Å². The summed E-state index contributed by atoms with van der Waals surface area (Å²) in [5.74, 6) is -1.32. The van der Waals surface area contributed by atoms with Crippen LogP contribution in [0.1, 0.15) is 48.1 Å². The van der Waals surface area contributed by atoms with Crippen molar-refractivity contribution in [3.05, 3.63) is 86.8 Å². The van der Waals surface area contributed by atoms with E-state index in [0.717, 1.165) is 36.0 Å². The molecule has 1 aromatic heterocycles. The summed E-state index contributed by atoms with van der Waals surface area (Å²) < 4.78 is 13.7. The van der Waals surface area contributed by atoms with E-state index in [2.05, 4.69) is 12.2 Å². The molecule has 1 unspecified atom stereocenters. The maximum absolute atomic E-state index is 13.7. The summed E-state index contributed by atoms with van der Waals surface area (Å²) in [6, 6.07) is 13.7. The lowest BCUT2D eigenvalue weighted by Crippen LogP contribution is -2.28. The van der Waals surface area contributed by atoms with Gasteiger partial charge in [0.05, 0.1) is 11.4 Å². The van der Waals surface area contributed by atoms with Crippen molar-refractivity contribution in [2.45, 2.75) is 39.0 Å². The quantitative estimate of drug-likeness (QED) is 0.426. The van der Waals surface area contributed by atoms with E-state index >= 15 is 0 Å². The van der Waals surface area contributed by atoms with Crippen LogP contribution in [-0.2, 0) is 11.2 Å². The second kappa shape index (κ2) is 10.3. The van der Waals surface area contributed by atoms with Crippen LogP contribution in [0, 0.1) is 12.7 Å². The van der Waals surface area contributed by atoms with Gasteiger partial charge in [0.15, 0.2) is 0 Å². The third kappa shape index (κ3) is 5.25. The molecule has 1 amide bonds. The predicted molar refractivity (Wildman–Crippen MR) is 125 cm³/mol. The minimum absolute atomic E-state index is 0.253. The molecular weight excluding hydrogens is 434 g/mol. The largest absolute Gasteiger partial charge is 0.358 e. The Hall–Kier alpha value is -2.43. The number of halogens is 3. The van der Waals surface area contributed by atoms with Gasteiger partial charge in [0.1, 0.15) is 11.7 Å². The molecule has 0 bridgehead atoms. The molecule has 31 heavy (non-hydrogen) atoms. The highest BCUT2D eigenvalue weighted by molar-refractivity contribution is 6.36. The second-order valence-corrected chi connectivity index (χ2v) is 8.35. The first kappa shape index (κ1) is 23.2. The topological polar surface area (TPSA) is 42.0 Å². The normalized spacial score (nSPS) is 11.9. The van der Waals surface area contributed by atoms with E-state index in [9.17, 15) is 9.18 Å². The van der Waals surface area contributed by atoms with Crippen molar-refractivity contribution in [2.75, 3.05) is 7.05 Å². The van der Waals surface area contributed by atoms with Gasteiger partial charge >= 0.3 is 0 Å². The summed E-state index contributed by atoms with van der Waals surface area (Å²) in [5.41, 5.74) is 4.43. The lowest BCUT2D eigenvalue weighted by Gasteiger charge is -2.20. The van der Waals surface area contributed by atoms with E-state index in [4.69, 9.17) is 28.2 Å². The molecule has 3 nitrogen and oxygen atoms in total. The fourth-order valence-corrected chi connectivity index (χ4v) is 4.30. The minimum atomic E-state index is -0.771. The summed E-state index contributed by atoms with van der Waals surface area (Å²) in [7, 11) is 1.58. The van der Waals surface area contributed by atoms with Gasteiger partial charge in [-0.05, 0) is 73.4 Å². The van der Waals surface area contributed by atoms with Gasteiger partial charge in [-0.2, -0.15) is 0 Å². The number of unbranched alkanes of at least 4 members (excludes halogenated alkanes) is 1. The van der Waals surface area contributed by atoms with Crippen molar-refractivity contribution in [3.8, 4) is 11.3 Å². The highest BCUT2D eigenvalue weighted by Gasteiger charge is 2.28. The van der Waals surface area contributed by atoms with E-state index in [1.807, 2.05) is 19.1 Å². The van der Waals surface area contributed by atoms with E-state index in [1.54, 1.807) is 31.3 Å². The summed E-state index contributed by atoms with van der Waals surface area (Å²) in [6.45, 7) is 3.98. The van der Waals surface area contributed by atoms with Crippen LogP contribution in [0.3, 0.4) is 0 Å². The van der Waals surface area contributed by atoms with Crippen molar-refractivity contribution < 1.29 is 9.18 Å². The van der Waals surface area contributed by atoms with Crippen LogP contribution in [0.15, 0.2) is 48.5 Å². The fourth-order valence-electron chi connectivity index (χ4n) is 3.68. The van der Waals surface area contributed by atoms with E-state index < -0.39 is 5.92 Å². The molecule has 0 radical (unpaired) electrons. The molecule has 0 aliphatic carbocycles. The number of rotatable bonds is 7. The van der Waals surface area contributed by atoms with Gasteiger partial charge in [0.25, 0.3) is 0 Å². The Morgan fingerprint density at radius 1 is 1.13 bits per heavy atom. The second-order valence-electron chi connectivity index (χ2n) is 7.53. The maximum atomic E-state index is 13.7. The standard InChI is InChI=1S/C25H25Cl2FN2O/c1-4-5-7-16-13-21(18-11-10-17(28)12-15(18)2)30-22(14-16)24(25(31)29-3)23-19(26)8-6-9-20(23)27/h6,8-14,24H,4-5,7H2,1-3H3,(H,29,31). The van der Waals surface area contributed by atoms with Crippen LogP contribution in [0.5, 0.6) is 0 Å². The number of likely N-dealkylation sites (N-methyl/N-ethyl adjacent to an activating group) is 1. The Labute approximate surface area is 192 Å². The van der Waals surface area contributed by atoms with E-state index in [-0.39, 0.29) is 11.7 Å². The van der Waals surface area contributed by atoms with Gasteiger partial charge in [0.2, 0.25) is 5.91 Å². The molecule has 0 aliphatic heterocycles. The van der Waals surface area contributed by atoms with Crippen LogP contribution in [-0.4, -0.2) is 17.9 Å².